The molecule has 2 N–H and O–H groups in total. The molecule has 3 nitrogen and oxygen atoms in total. The lowest BCUT2D eigenvalue weighted by Gasteiger charge is -2.09. The molecule has 0 unspecified atom stereocenters. The van der Waals surface area contributed by atoms with E-state index in [1.54, 1.807) is 12.4 Å². The van der Waals surface area contributed by atoms with Gasteiger partial charge in [0.25, 0.3) is 0 Å². The summed E-state index contributed by atoms with van der Waals surface area (Å²) in [4.78, 5) is 3.96. The Bertz CT molecular complexity index is 312. The molecule has 0 spiro atoms. The van der Waals surface area contributed by atoms with Crippen molar-refractivity contribution in [3.05, 3.63) is 23.0 Å². The minimum Gasteiger partial charge on any atom is -0.488 e. The van der Waals surface area contributed by atoms with E-state index in [1.807, 2.05) is 0 Å². The van der Waals surface area contributed by atoms with Crippen LogP contribution < -0.4 is 10.5 Å². The fraction of sp³-hybridized carbons (Fsp3) is 0.444. The van der Waals surface area contributed by atoms with E-state index in [0.717, 1.165) is 24.2 Å². The van der Waals surface area contributed by atoms with Gasteiger partial charge in [-0.3, -0.25) is 4.98 Å². The van der Waals surface area contributed by atoms with E-state index in [0.29, 0.717) is 17.7 Å². The fourth-order valence-corrected chi connectivity index (χ4v) is 1.34. The van der Waals surface area contributed by atoms with Gasteiger partial charge in [0.2, 0.25) is 0 Å². The van der Waals surface area contributed by atoms with Crippen molar-refractivity contribution < 1.29 is 4.74 Å². The SMILES string of the molecule is NCc1c(Cl)cncc1OC1CC1. The highest BCUT2D eigenvalue weighted by Crippen LogP contribution is 2.31. The van der Waals surface area contributed by atoms with Gasteiger partial charge in [0.1, 0.15) is 5.75 Å². The lowest BCUT2D eigenvalue weighted by atomic mass is 10.2. The summed E-state index contributed by atoms with van der Waals surface area (Å²) >= 11 is 5.91. The van der Waals surface area contributed by atoms with Crippen molar-refractivity contribution in [1.29, 1.82) is 0 Å². The number of nitrogens with zero attached hydrogens (tertiary/aromatic N) is 1. The van der Waals surface area contributed by atoms with Gasteiger partial charge in [-0.05, 0) is 12.8 Å². The predicted molar refractivity (Wildman–Crippen MR) is 50.8 cm³/mol. The van der Waals surface area contributed by atoms with Crippen molar-refractivity contribution in [2.45, 2.75) is 25.5 Å². The number of halogens is 1. The molecular formula is C9H11ClN2O. The first-order valence-corrected chi connectivity index (χ1v) is 4.68. The summed E-state index contributed by atoms with van der Waals surface area (Å²) in [6, 6.07) is 0. The summed E-state index contributed by atoms with van der Waals surface area (Å²) in [6.45, 7) is 0.392. The number of nitrogens with two attached hydrogens (primary N) is 1. The van der Waals surface area contributed by atoms with Gasteiger partial charge < -0.3 is 10.5 Å². The normalized spacial score (nSPS) is 15.8. The van der Waals surface area contributed by atoms with E-state index in [4.69, 9.17) is 22.1 Å². The molecule has 1 fully saturated rings. The van der Waals surface area contributed by atoms with Crippen LogP contribution in [-0.2, 0) is 6.54 Å². The molecule has 1 aliphatic rings. The summed E-state index contributed by atoms with van der Waals surface area (Å²) in [5.41, 5.74) is 6.41. The van der Waals surface area contributed by atoms with Crippen LogP contribution in [0, 0.1) is 0 Å². The molecule has 2 rings (SSSR count). The second kappa shape index (κ2) is 3.52. The zero-order valence-corrected chi connectivity index (χ0v) is 7.92. The Morgan fingerprint density at radius 3 is 2.92 bits per heavy atom. The smallest absolute Gasteiger partial charge is 0.143 e. The maximum atomic E-state index is 5.91. The van der Waals surface area contributed by atoms with Crippen molar-refractivity contribution >= 4 is 11.6 Å². The molecule has 0 aromatic carbocycles. The van der Waals surface area contributed by atoms with E-state index >= 15 is 0 Å². The van der Waals surface area contributed by atoms with Crippen molar-refractivity contribution in [2.24, 2.45) is 5.73 Å². The average Bonchev–Trinajstić information content (AvgIpc) is 2.89. The molecule has 4 heteroatoms. The molecule has 1 aromatic rings. The standard InChI is InChI=1S/C9H11ClN2O/c10-8-4-12-5-9(7(8)3-11)13-6-1-2-6/h4-6H,1-3,11H2. The van der Waals surface area contributed by atoms with Crippen LogP contribution in [0.25, 0.3) is 0 Å². The topological polar surface area (TPSA) is 48.1 Å². The summed E-state index contributed by atoms with van der Waals surface area (Å²) in [7, 11) is 0. The molecule has 0 saturated heterocycles. The van der Waals surface area contributed by atoms with E-state index < -0.39 is 0 Å². The summed E-state index contributed by atoms with van der Waals surface area (Å²) in [5.74, 6) is 0.734. The third kappa shape index (κ3) is 1.92. The molecule has 0 amide bonds. The van der Waals surface area contributed by atoms with Gasteiger partial charge in [0, 0.05) is 18.3 Å². The summed E-state index contributed by atoms with van der Waals surface area (Å²) in [5, 5.41) is 0.584. The number of aromatic nitrogens is 1. The molecule has 1 aromatic heterocycles. The molecule has 13 heavy (non-hydrogen) atoms. The minimum absolute atomic E-state index is 0.352. The van der Waals surface area contributed by atoms with Crippen molar-refractivity contribution in [2.75, 3.05) is 0 Å². The molecular weight excluding hydrogens is 188 g/mol. The highest BCUT2D eigenvalue weighted by molar-refractivity contribution is 6.31. The second-order valence-corrected chi connectivity index (χ2v) is 3.53. The number of ether oxygens (including phenoxy) is 1. The Balaban J connectivity index is 2.25. The Kier molecular flexibility index (Phi) is 2.38. The van der Waals surface area contributed by atoms with E-state index in [2.05, 4.69) is 4.98 Å². The van der Waals surface area contributed by atoms with E-state index in [1.165, 1.54) is 0 Å². The average molecular weight is 199 g/mol. The van der Waals surface area contributed by atoms with Crippen LogP contribution in [0.15, 0.2) is 12.4 Å². The minimum atomic E-state index is 0.352. The van der Waals surface area contributed by atoms with Crippen molar-refractivity contribution in [3.63, 3.8) is 0 Å². The van der Waals surface area contributed by atoms with E-state index in [-0.39, 0.29) is 0 Å². The molecule has 1 saturated carbocycles. The van der Waals surface area contributed by atoms with Crippen LogP contribution in [0.2, 0.25) is 5.02 Å². The number of hydrogen-bond acceptors (Lipinski definition) is 3. The molecule has 0 radical (unpaired) electrons. The summed E-state index contributed by atoms with van der Waals surface area (Å²) < 4.78 is 5.60. The maximum Gasteiger partial charge on any atom is 0.143 e. The lowest BCUT2D eigenvalue weighted by Crippen LogP contribution is -2.05. The Labute approximate surface area is 81.9 Å². The van der Waals surface area contributed by atoms with Crippen molar-refractivity contribution in [1.82, 2.24) is 4.98 Å². The third-order valence-electron chi connectivity index (χ3n) is 1.99. The van der Waals surface area contributed by atoms with Gasteiger partial charge in [-0.15, -0.1) is 0 Å². The lowest BCUT2D eigenvalue weighted by molar-refractivity contribution is 0.299. The largest absolute Gasteiger partial charge is 0.488 e. The van der Waals surface area contributed by atoms with Gasteiger partial charge in [-0.1, -0.05) is 11.6 Å². The monoisotopic (exact) mass is 198 g/mol. The van der Waals surface area contributed by atoms with Gasteiger partial charge in [-0.2, -0.15) is 0 Å². The molecule has 70 valence electrons. The van der Waals surface area contributed by atoms with Crippen LogP contribution in [0.3, 0.4) is 0 Å². The highest BCUT2D eigenvalue weighted by atomic mass is 35.5. The first kappa shape index (κ1) is 8.78. The number of rotatable bonds is 3. The molecule has 0 atom stereocenters. The first-order chi connectivity index (χ1) is 6.31. The Morgan fingerprint density at radius 1 is 1.54 bits per heavy atom. The highest BCUT2D eigenvalue weighted by Gasteiger charge is 2.24. The summed E-state index contributed by atoms with van der Waals surface area (Å²) in [6.07, 6.45) is 5.86. The third-order valence-corrected chi connectivity index (χ3v) is 2.31. The van der Waals surface area contributed by atoms with Gasteiger partial charge >= 0.3 is 0 Å². The van der Waals surface area contributed by atoms with Gasteiger partial charge in [0.05, 0.1) is 17.3 Å². The maximum absolute atomic E-state index is 5.91. The van der Waals surface area contributed by atoms with Crippen LogP contribution in [0.5, 0.6) is 5.75 Å². The zero-order chi connectivity index (χ0) is 9.26. The van der Waals surface area contributed by atoms with Gasteiger partial charge in [-0.25, -0.2) is 0 Å². The molecule has 1 heterocycles. The van der Waals surface area contributed by atoms with Crippen LogP contribution in [0.1, 0.15) is 18.4 Å². The zero-order valence-electron chi connectivity index (χ0n) is 7.16. The fourth-order valence-electron chi connectivity index (χ4n) is 1.11. The molecule has 1 aliphatic carbocycles. The second-order valence-electron chi connectivity index (χ2n) is 3.12. The molecule has 0 bridgehead atoms. The Hall–Kier alpha value is -0.800. The quantitative estimate of drug-likeness (QED) is 0.805. The first-order valence-electron chi connectivity index (χ1n) is 4.30. The van der Waals surface area contributed by atoms with Crippen LogP contribution >= 0.6 is 11.6 Å². The van der Waals surface area contributed by atoms with E-state index in [9.17, 15) is 0 Å². The van der Waals surface area contributed by atoms with Crippen LogP contribution in [-0.4, -0.2) is 11.1 Å². The predicted octanol–water partition coefficient (Wildman–Crippen LogP) is 1.73. The number of pyridine rings is 1. The Morgan fingerprint density at radius 2 is 2.31 bits per heavy atom. The van der Waals surface area contributed by atoms with Crippen LogP contribution in [0.4, 0.5) is 0 Å². The van der Waals surface area contributed by atoms with Gasteiger partial charge in [0.15, 0.2) is 0 Å². The van der Waals surface area contributed by atoms with Crippen molar-refractivity contribution in [3.8, 4) is 5.75 Å². The number of hydrogen-bond donors (Lipinski definition) is 1. The molecule has 0 aliphatic heterocycles.